The number of anilines is 2. The summed E-state index contributed by atoms with van der Waals surface area (Å²) in [7, 11) is -2.62. The summed E-state index contributed by atoms with van der Waals surface area (Å²) in [6.45, 7) is 0. The van der Waals surface area contributed by atoms with Crippen molar-refractivity contribution in [1.82, 2.24) is 0 Å². The molecule has 2 rings (SSSR count). The lowest BCUT2D eigenvalue weighted by molar-refractivity contribution is 0.368. The van der Waals surface area contributed by atoms with Gasteiger partial charge in [-0.1, -0.05) is 24.3 Å². The van der Waals surface area contributed by atoms with E-state index < -0.39 is 8.60 Å². The monoisotopic (exact) mass is 240 g/mol. The van der Waals surface area contributed by atoms with Gasteiger partial charge in [0, 0.05) is 22.1 Å². The van der Waals surface area contributed by atoms with E-state index in [2.05, 4.69) is 0 Å². The van der Waals surface area contributed by atoms with Crippen molar-refractivity contribution < 1.29 is 14.7 Å². The molecule has 2 aromatic carbocycles. The second kappa shape index (κ2) is 5.63. The fourth-order valence-electron chi connectivity index (χ4n) is 1.36. The molecule has 0 aromatic heterocycles. The summed E-state index contributed by atoms with van der Waals surface area (Å²) in [6, 6.07) is 11.5. The molecule has 0 spiro atoms. The van der Waals surface area contributed by atoms with Gasteiger partial charge in [-0.25, -0.2) is 0 Å². The van der Waals surface area contributed by atoms with Crippen LogP contribution in [-0.2, 0) is 0 Å². The predicted molar refractivity (Wildman–Crippen MR) is 66.3 cm³/mol. The molecule has 7 N–H and O–H groups in total. The van der Waals surface area contributed by atoms with Crippen LogP contribution in [-0.4, -0.2) is 14.7 Å². The third-order valence-electron chi connectivity index (χ3n) is 1.99. The zero-order valence-electron chi connectivity index (χ0n) is 8.41. The van der Waals surface area contributed by atoms with Crippen molar-refractivity contribution in [3.8, 4) is 0 Å². The molecule has 0 heterocycles. The minimum atomic E-state index is -2.62. The van der Waals surface area contributed by atoms with Crippen molar-refractivity contribution in [1.29, 1.82) is 0 Å². The molecule has 0 fully saturated rings. The number of hydrogen-bond acceptors (Lipinski definition) is 5. The summed E-state index contributed by atoms with van der Waals surface area (Å²) < 4.78 is 0. The highest BCUT2D eigenvalue weighted by molar-refractivity contribution is 7.38. The maximum absolute atomic E-state index is 7.23. The first-order valence-electron chi connectivity index (χ1n) is 4.42. The fraction of sp³-hybridized carbons (Fsp3) is 0. The van der Waals surface area contributed by atoms with Crippen molar-refractivity contribution in [2.24, 2.45) is 0 Å². The number of hydrogen-bond donors (Lipinski definition) is 5. The van der Waals surface area contributed by atoms with Crippen LogP contribution < -0.4 is 11.5 Å². The average molecular weight is 240 g/mol. The molecule has 0 bridgehead atoms. The fourth-order valence-corrected chi connectivity index (χ4v) is 1.36. The van der Waals surface area contributed by atoms with E-state index >= 15 is 0 Å². The van der Waals surface area contributed by atoms with Gasteiger partial charge in [0.1, 0.15) is 0 Å². The molecule has 2 aromatic rings. The Kier molecular flexibility index (Phi) is 4.46. The maximum atomic E-state index is 7.23. The van der Waals surface area contributed by atoms with E-state index in [1.165, 1.54) is 0 Å². The third kappa shape index (κ3) is 3.32. The summed E-state index contributed by atoms with van der Waals surface area (Å²) in [6.07, 6.45) is 0. The smallest absolute Gasteiger partial charge is 0.324 e. The zero-order chi connectivity index (χ0) is 12.1. The zero-order valence-corrected chi connectivity index (χ0v) is 9.30. The minimum absolute atomic E-state index is 0.778. The van der Waals surface area contributed by atoms with Crippen molar-refractivity contribution >= 4 is 30.7 Å². The Hall–Kier alpha value is -1.39. The summed E-state index contributed by atoms with van der Waals surface area (Å²) in [5, 5.41) is 2.05. The lowest BCUT2D eigenvalue weighted by Crippen LogP contribution is -1.90. The minimum Gasteiger partial charge on any atom is -0.398 e. The Balaban J connectivity index is 0.000000280. The van der Waals surface area contributed by atoms with Crippen LogP contribution in [0.2, 0.25) is 0 Å². The maximum Gasteiger partial charge on any atom is 0.324 e. The molecule has 0 aliphatic carbocycles. The topological polar surface area (TPSA) is 113 Å². The van der Waals surface area contributed by atoms with E-state index in [1.54, 1.807) is 0 Å². The molecule has 0 saturated heterocycles. The Morgan fingerprint density at radius 2 is 1.06 bits per heavy atom. The molecule has 5 nitrogen and oxygen atoms in total. The van der Waals surface area contributed by atoms with Crippen LogP contribution in [0.25, 0.3) is 10.8 Å². The highest BCUT2D eigenvalue weighted by atomic mass is 31.2. The van der Waals surface area contributed by atoms with Gasteiger partial charge in [0.25, 0.3) is 0 Å². The summed E-state index contributed by atoms with van der Waals surface area (Å²) in [5.74, 6) is 0. The van der Waals surface area contributed by atoms with Gasteiger partial charge in [-0.3, -0.25) is 0 Å². The van der Waals surface area contributed by atoms with Crippen molar-refractivity contribution in [3.63, 3.8) is 0 Å². The highest BCUT2D eigenvalue weighted by Gasteiger charge is 1.98. The predicted octanol–water partition coefficient (Wildman–Crippen LogP) is 1.19. The molecule has 0 unspecified atom stereocenters. The van der Waals surface area contributed by atoms with Gasteiger partial charge in [-0.05, 0) is 12.1 Å². The first kappa shape index (κ1) is 12.7. The Morgan fingerprint density at radius 3 is 1.38 bits per heavy atom. The van der Waals surface area contributed by atoms with Gasteiger partial charge in [-0.15, -0.1) is 0 Å². The van der Waals surface area contributed by atoms with Crippen LogP contribution >= 0.6 is 8.60 Å². The number of benzene rings is 2. The first-order chi connectivity index (χ1) is 7.52. The summed E-state index contributed by atoms with van der Waals surface area (Å²) >= 11 is 0. The van der Waals surface area contributed by atoms with Gasteiger partial charge >= 0.3 is 8.60 Å². The quantitative estimate of drug-likeness (QED) is 0.350. The van der Waals surface area contributed by atoms with E-state index in [0.29, 0.717) is 0 Å². The van der Waals surface area contributed by atoms with Crippen LogP contribution in [0.5, 0.6) is 0 Å². The molecule has 0 aliphatic heterocycles. The number of nitrogen functional groups attached to an aromatic ring is 2. The van der Waals surface area contributed by atoms with Crippen molar-refractivity contribution in [2.75, 3.05) is 11.5 Å². The van der Waals surface area contributed by atoms with Gasteiger partial charge < -0.3 is 26.1 Å². The van der Waals surface area contributed by atoms with E-state index in [9.17, 15) is 0 Å². The molecule has 0 amide bonds. The molecule has 0 saturated carbocycles. The summed E-state index contributed by atoms with van der Waals surface area (Å²) in [4.78, 5) is 21.7. The Morgan fingerprint density at radius 1 is 0.750 bits per heavy atom. The van der Waals surface area contributed by atoms with E-state index in [4.69, 9.17) is 26.1 Å². The Bertz CT molecular complexity index is 433. The van der Waals surface area contributed by atoms with Crippen LogP contribution in [0.15, 0.2) is 36.4 Å². The normalized spacial score (nSPS) is 10.0. The molecule has 6 heteroatoms. The van der Waals surface area contributed by atoms with Crippen molar-refractivity contribution in [2.45, 2.75) is 0 Å². The molecule has 0 aliphatic rings. The van der Waals surface area contributed by atoms with Crippen LogP contribution in [0, 0.1) is 0 Å². The molecule has 0 atom stereocenters. The molecular weight excluding hydrogens is 227 g/mol. The Labute approximate surface area is 93.9 Å². The van der Waals surface area contributed by atoms with E-state index in [-0.39, 0.29) is 0 Å². The SMILES string of the molecule is Nc1cccc2c(N)cccc12.OP(O)O. The van der Waals surface area contributed by atoms with Crippen LogP contribution in [0.1, 0.15) is 0 Å². The lowest BCUT2D eigenvalue weighted by atomic mass is 10.1. The lowest BCUT2D eigenvalue weighted by Gasteiger charge is -2.03. The molecular formula is C10H13N2O3P. The second-order valence-corrected chi connectivity index (χ2v) is 3.59. The first-order valence-corrected chi connectivity index (χ1v) is 5.62. The number of rotatable bonds is 0. The van der Waals surface area contributed by atoms with Gasteiger partial charge in [0.15, 0.2) is 0 Å². The molecule has 16 heavy (non-hydrogen) atoms. The standard InChI is InChI=1S/C10H10N2.H3O3P/c11-9-5-1-3-7-8(9)4-2-6-10(7)12;1-4(2)3/h1-6H,11-12H2;1-3H. The third-order valence-corrected chi connectivity index (χ3v) is 1.99. The van der Waals surface area contributed by atoms with Gasteiger partial charge in [0.05, 0.1) is 0 Å². The number of fused-ring (bicyclic) bond motifs is 1. The average Bonchev–Trinajstić information content (AvgIpc) is 2.19. The highest BCUT2D eigenvalue weighted by Crippen LogP contribution is 2.24. The van der Waals surface area contributed by atoms with Gasteiger partial charge in [0.2, 0.25) is 0 Å². The van der Waals surface area contributed by atoms with Crippen LogP contribution in [0.4, 0.5) is 11.4 Å². The molecule has 0 radical (unpaired) electrons. The van der Waals surface area contributed by atoms with Crippen molar-refractivity contribution in [3.05, 3.63) is 36.4 Å². The largest absolute Gasteiger partial charge is 0.398 e. The summed E-state index contributed by atoms with van der Waals surface area (Å²) in [5.41, 5.74) is 13.1. The second-order valence-electron chi connectivity index (χ2n) is 3.06. The van der Waals surface area contributed by atoms with Crippen LogP contribution in [0.3, 0.4) is 0 Å². The van der Waals surface area contributed by atoms with E-state index in [1.807, 2.05) is 36.4 Å². The van der Waals surface area contributed by atoms with Gasteiger partial charge in [-0.2, -0.15) is 0 Å². The number of nitrogens with two attached hydrogens (primary N) is 2. The van der Waals surface area contributed by atoms with E-state index in [0.717, 1.165) is 22.1 Å². The molecule has 86 valence electrons.